The lowest BCUT2D eigenvalue weighted by Gasteiger charge is -2.10. The maximum Gasteiger partial charge on any atom is 0.139 e. The number of imidazole rings is 1. The molecule has 0 aliphatic rings. The van der Waals surface area contributed by atoms with E-state index in [-0.39, 0.29) is 10.8 Å². The number of hydrogen-bond donors (Lipinski definition) is 3. The summed E-state index contributed by atoms with van der Waals surface area (Å²) in [6.07, 6.45) is 0. The lowest BCUT2D eigenvalue weighted by atomic mass is 10.2. The molecule has 1 heterocycles. The topological polar surface area (TPSA) is 60.9 Å². The Bertz CT molecular complexity index is 814. The van der Waals surface area contributed by atoms with Gasteiger partial charge in [0.25, 0.3) is 0 Å². The highest BCUT2D eigenvalue weighted by atomic mass is 35.5. The number of nitrogens with one attached hydrogen (secondary N) is 2. The molecule has 2 aromatic carbocycles. The van der Waals surface area contributed by atoms with Crippen LogP contribution in [0.4, 0.5) is 5.69 Å². The predicted molar refractivity (Wildman–Crippen MR) is 86.3 cm³/mol. The zero-order valence-corrected chi connectivity index (χ0v) is 12.8. The first-order chi connectivity index (χ1) is 10.0. The molecule has 4 nitrogen and oxygen atoms in total. The van der Waals surface area contributed by atoms with Crippen LogP contribution in [0.3, 0.4) is 0 Å². The number of rotatable bonds is 3. The van der Waals surface area contributed by atoms with E-state index in [1.807, 2.05) is 25.1 Å². The van der Waals surface area contributed by atoms with Gasteiger partial charge < -0.3 is 15.4 Å². The molecule has 0 saturated carbocycles. The van der Waals surface area contributed by atoms with E-state index in [1.165, 1.54) is 6.07 Å². The summed E-state index contributed by atoms with van der Waals surface area (Å²) < 4.78 is 0. The van der Waals surface area contributed by atoms with Gasteiger partial charge in [0, 0.05) is 22.8 Å². The maximum absolute atomic E-state index is 9.93. The number of halogens is 2. The fourth-order valence-electron chi connectivity index (χ4n) is 2.20. The molecule has 0 saturated heterocycles. The Labute approximate surface area is 131 Å². The summed E-state index contributed by atoms with van der Waals surface area (Å²) in [6, 6.07) is 9.05. The minimum Gasteiger partial charge on any atom is -0.506 e. The summed E-state index contributed by atoms with van der Waals surface area (Å²) in [5.41, 5.74) is 3.45. The lowest BCUT2D eigenvalue weighted by molar-refractivity contribution is 0.469. The fraction of sp³-hybridized carbons (Fsp3) is 0.133. The number of nitrogens with zero attached hydrogens (tertiary/aromatic N) is 1. The van der Waals surface area contributed by atoms with E-state index in [0.717, 1.165) is 22.5 Å². The first-order valence-electron chi connectivity index (χ1n) is 6.40. The average molecular weight is 322 g/mol. The number of phenolic OH excluding ortho intramolecular Hbond substituents is 1. The first-order valence-corrected chi connectivity index (χ1v) is 7.15. The van der Waals surface area contributed by atoms with Crippen LogP contribution in [-0.2, 0) is 6.54 Å². The summed E-state index contributed by atoms with van der Waals surface area (Å²) in [5, 5.41) is 13.9. The van der Waals surface area contributed by atoms with E-state index >= 15 is 0 Å². The molecular weight excluding hydrogens is 309 g/mol. The molecule has 3 N–H and O–H groups in total. The molecule has 6 heteroatoms. The molecule has 3 rings (SSSR count). The minimum absolute atomic E-state index is 0.0482. The molecule has 0 unspecified atom stereocenters. The highest BCUT2D eigenvalue weighted by Gasteiger charge is 2.08. The second-order valence-corrected chi connectivity index (χ2v) is 5.65. The molecule has 0 aliphatic heterocycles. The van der Waals surface area contributed by atoms with Crippen LogP contribution in [0.1, 0.15) is 11.4 Å². The minimum atomic E-state index is 0.0482. The molecule has 0 atom stereocenters. The van der Waals surface area contributed by atoms with E-state index in [0.29, 0.717) is 17.1 Å². The van der Waals surface area contributed by atoms with Crippen molar-refractivity contribution in [3.05, 3.63) is 51.8 Å². The number of hydrogen-bond acceptors (Lipinski definition) is 3. The number of aryl methyl sites for hydroxylation is 1. The first kappa shape index (κ1) is 14.0. The van der Waals surface area contributed by atoms with E-state index in [1.54, 1.807) is 6.07 Å². The molecule has 108 valence electrons. The van der Waals surface area contributed by atoms with Gasteiger partial charge in [-0.25, -0.2) is 4.98 Å². The van der Waals surface area contributed by atoms with Crippen molar-refractivity contribution in [2.24, 2.45) is 0 Å². The van der Waals surface area contributed by atoms with Crippen LogP contribution >= 0.6 is 23.2 Å². The summed E-state index contributed by atoms with van der Waals surface area (Å²) in [5.74, 6) is 0.924. The van der Waals surface area contributed by atoms with E-state index in [2.05, 4.69) is 15.3 Å². The summed E-state index contributed by atoms with van der Waals surface area (Å²) in [7, 11) is 0. The van der Waals surface area contributed by atoms with Crippen molar-refractivity contribution in [2.75, 3.05) is 5.32 Å². The standard InChI is InChI=1S/C15H13Cl2N3O/c1-8-19-13-3-2-11(6-14(13)20-8)18-7-9-4-10(16)5-12(17)15(9)21/h2-6,18,21H,7H2,1H3,(H,19,20). The third kappa shape index (κ3) is 2.91. The van der Waals surface area contributed by atoms with Crippen molar-refractivity contribution in [3.8, 4) is 5.75 Å². The number of H-pyrrole nitrogens is 1. The van der Waals surface area contributed by atoms with E-state index < -0.39 is 0 Å². The van der Waals surface area contributed by atoms with Crippen LogP contribution in [0, 0.1) is 6.92 Å². The number of phenols is 1. The highest BCUT2D eigenvalue weighted by molar-refractivity contribution is 6.35. The van der Waals surface area contributed by atoms with Crippen LogP contribution in [-0.4, -0.2) is 15.1 Å². The Morgan fingerprint density at radius 3 is 2.86 bits per heavy atom. The van der Waals surface area contributed by atoms with Crippen molar-refractivity contribution in [3.63, 3.8) is 0 Å². The number of aromatic nitrogens is 2. The summed E-state index contributed by atoms with van der Waals surface area (Å²) in [4.78, 5) is 7.54. The molecule has 0 amide bonds. The van der Waals surface area contributed by atoms with Gasteiger partial charge in [0.15, 0.2) is 0 Å². The quantitative estimate of drug-likeness (QED) is 0.665. The third-order valence-electron chi connectivity index (χ3n) is 3.19. The molecule has 0 fully saturated rings. The largest absolute Gasteiger partial charge is 0.506 e. The predicted octanol–water partition coefficient (Wildman–Crippen LogP) is 4.50. The van der Waals surface area contributed by atoms with Crippen molar-refractivity contribution in [1.82, 2.24) is 9.97 Å². The van der Waals surface area contributed by atoms with Crippen LogP contribution in [0.15, 0.2) is 30.3 Å². The van der Waals surface area contributed by atoms with Gasteiger partial charge in [0.1, 0.15) is 11.6 Å². The molecular formula is C15H13Cl2N3O. The monoisotopic (exact) mass is 321 g/mol. The van der Waals surface area contributed by atoms with Crippen LogP contribution in [0.5, 0.6) is 5.75 Å². The van der Waals surface area contributed by atoms with Crippen LogP contribution in [0.25, 0.3) is 11.0 Å². The molecule has 0 aliphatic carbocycles. The number of aromatic amines is 1. The number of aromatic hydroxyl groups is 1. The van der Waals surface area contributed by atoms with Gasteiger partial charge >= 0.3 is 0 Å². The number of anilines is 1. The lowest BCUT2D eigenvalue weighted by Crippen LogP contribution is -2.00. The van der Waals surface area contributed by atoms with Gasteiger partial charge in [-0.15, -0.1) is 0 Å². The zero-order chi connectivity index (χ0) is 15.0. The molecule has 0 bridgehead atoms. The second-order valence-electron chi connectivity index (χ2n) is 4.80. The van der Waals surface area contributed by atoms with Crippen molar-refractivity contribution in [1.29, 1.82) is 0 Å². The van der Waals surface area contributed by atoms with Gasteiger partial charge in [-0.2, -0.15) is 0 Å². The molecule has 0 radical (unpaired) electrons. The van der Waals surface area contributed by atoms with Crippen LogP contribution in [0.2, 0.25) is 10.0 Å². The summed E-state index contributed by atoms with van der Waals surface area (Å²) >= 11 is 11.9. The number of benzene rings is 2. The van der Waals surface area contributed by atoms with Crippen molar-refractivity contribution >= 4 is 39.9 Å². The van der Waals surface area contributed by atoms with Crippen molar-refractivity contribution < 1.29 is 5.11 Å². The Kier molecular flexibility index (Phi) is 3.66. The van der Waals surface area contributed by atoms with Crippen molar-refractivity contribution in [2.45, 2.75) is 13.5 Å². The van der Waals surface area contributed by atoms with Crippen LogP contribution < -0.4 is 5.32 Å². The SMILES string of the molecule is Cc1nc2ccc(NCc3cc(Cl)cc(Cl)c3O)cc2[nH]1. The van der Waals surface area contributed by atoms with Gasteiger partial charge in [-0.1, -0.05) is 23.2 Å². The Morgan fingerprint density at radius 1 is 1.24 bits per heavy atom. The molecule has 3 aromatic rings. The Morgan fingerprint density at radius 2 is 2.05 bits per heavy atom. The van der Waals surface area contributed by atoms with E-state index in [9.17, 15) is 5.11 Å². The van der Waals surface area contributed by atoms with Gasteiger partial charge in [0.05, 0.1) is 16.1 Å². The molecule has 21 heavy (non-hydrogen) atoms. The Hall–Kier alpha value is -1.91. The fourth-order valence-corrected chi connectivity index (χ4v) is 2.73. The van der Waals surface area contributed by atoms with Gasteiger partial charge in [-0.3, -0.25) is 0 Å². The third-order valence-corrected chi connectivity index (χ3v) is 3.70. The maximum atomic E-state index is 9.93. The molecule has 1 aromatic heterocycles. The molecule has 0 spiro atoms. The normalized spacial score (nSPS) is 11.0. The number of fused-ring (bicyclic) bond motifs is 1. The average Bonchev–Trinajstić information content (AvgIpc) is 2.80. The van der Waals surface area contributed by atoms with E-state index in [4.69, 9.17) is 23.2 Å². The Balaban J connectivity index is 1.83. The smallest absolute Gasteiger partial charge is 0.139 e. The highest BCUT2D eigenvalue weighted by Crippen LogP contribution is 2.31. The summed E-state index contributed by atoms with van der Waals surface area (Å²) in [6.45, 7) is 2.34. The van der Waals surface area contributed by atoms with Gasteiger partial charge in [-0.05, 0) is 37.3 Å². The second kappa shape index (κ2) is 5.47. The zero-order valence-electron chi connectivity index (χ0n) is 11.2. The van der Waals surface area contributed by atoms with Gasteiger partial charge in [0.2, 0.25) is 0 Å².